The van der Waals surface area contributed by atoms with E-state index < -0.39 is 5.54 Å². The van der Waals surface area contributed by atoms with Gasteiger partial charge in [0.15, 0.2) is 5.13 Å². The summed E-state index contributed by atoms with van der Waals surface area (Å²) in [6.45, 7) is 1.34. The number of amides is 2. The molecular weight excluding hydrogens is 374 g/mol. The molecule has 2 amide bonds. The lowest BCUT2D eigenvalue weighted by molar-refractivity contribution is -0.137. The molecule has 1 aromatic carbocycles. The number of nitrogens with one attached hydrogen (secondary N) is 2. The van der Waals surface area contributed by atoms with Crippen molar-refractivity contribution < 1.29 is 9.59 Å². The van der Waals surface area contributed by atoms with Crippen molar-refractivity contribution in [3.63, 3.8) is 0 Å². The molecule has 3 aliphatic heterocycles. The largest absolute Gasteiger partial charge is 0.375 e. The number of nitrogens with zero attached hydrogens (tertiary/aromatic N) is 2. The van der Waals surface area contributed by atoms with E-state index in [2.05, 4.69) is 20.5 Å². The molecular formula is C20H23N5O2S. The fourth-order valence-electron chi connectivity index (χ4n) is 5.25. The minimum atomic E-state index is -0.882. The molecule has 28 heavy (non-hydrogen) atoms. The van der Waals surface area contributed by atoms with Crippen LogP contribution in [0.5, 0.6) is 0 Å². The summed E-state index contributed by atoms with van der Waals surface area (Å²) in [5.41, 5.74) is 7.44. The smallest absolute Gasteiger partial charge is 0.250 e. The summed E-state index contributed by atoms with van der Waals surface area (Å²) in [6.07, 6.45) is 3.47. The van der Waals surface area contributed by atoms with E-state index in [0.717, 1.165) is 42.8 Å². The SMILES string of the molecule is Nc1nc(CCNC(=O)[C@H]2C[C@H]3CCCN3[C@]23C(=O)Nc2ccccc23)cs1. The van der Waals surface area contributed by atoms with Crippen molar-refractivity contribution in [1.82, 2.24) is 15.2 Å². The first-order valence-corrected chi connectivity index (χ1v) is 10.6. The summed E-state index contributed by atoms with van der Waals surface area (Å²) in [5.74, 6) is -0.503. The topological polar surface area (TPSA) is 100 Å². The number of carbonyl (C=O) groups excluding carboxylic acids is 2. The van der Waals surface area contributed by atoms with Gasteiger partial charge in [-0.3, -0.25) is 14.5 Å². The van der Waals surface area contributed by atoms with Gasteiger partial charge in [0.25, 0.3) is 0 Å². The Morgan fingerprint density at radius 3 is 3.11 bits per heavy atom. The number of carbonyl (C=O) groups is 2. The summed E-state index contributed by atoms with van der Waals surface area (Å²) in [5, 5.41) is 8.53. The number of nitrogen functional groups attached to an aromatic ring is 1. The first kappa shape index (κ1) is 17.6. The third kappa shape index (κ3) is 2.48. The van der Waals surface area contributed by atoms with Crippen LogP contribution in [0, 0.1) is 5.92 Å². The molecule has 2 aromatic rings. The lowest BCUT2D eigenvalue weighted by Crippen LogP contribution is -2.54. The molecule has 4 heterocycles. The lowest BCUT2D eigenvalue weighted by atomic mass is 9.78. The molecule has 1 aromatic heterocycles. The van der Waals surface area contributed by atoms with E-state index in [1.165, 1.54) is 11.3 Å². The van der Waals surface area contributed by atoms with Gasteiger partial charge in [0, 0.05) is 35.6 Å². The number of hydrogen-bond donors (Lipinski definition) is 3. The van der Waals surface area contributed by atoms with E-state index in [0.29, 0.717) is 18.1 Å². The van der Waals surface area contributed by atoms with Crippen LogP contribution in [0.2, 0.25) is 0 Å². The van der Waals surface area contributed by atoms with Gasteiger partial charge in [-0.25, -0.2) is 4.98 Å². The van der Waals surface area contributed by atoms with E-state index in [4.69, 9.17) is 5.73 Å². The zero-order valence-corrected chi connectivity index (χ0v) is 16.3. The van der Waals surface area contributed by atoms with Gasteiger partial charge in [-0.15, -0.1) is 11.3 Å². The van der Waals surface area contributed by atoms with Crippen LogP contribution in [0.15, 0.2) is 29.6 Å². The number of para-hydroxylation sites is 1. The van der Waals surface area contributed by atoms with Gasteiger partial charge in [-0.05, 0) is 31.9 Å². The number of anilines is 2. The molecule has 0 unspecified atom stereocenters. The Morgan fingerprint density at radius 1 is 1.43 bits per heavy atom. The van der Waals surface area contributed by atoms with Crippen LogP contribution in [0.3, 0.4) is 0 Å². The second kappa shape index (κ2) is 6.56. The summed E-state index contributed by atoms with van der Waals surface area (Å²) in [7, 11) is 0. The van der Waals surface area contributed by atoms with Crippen molar-refractivity contribution in [1.29, 1.82) is 0 Å². The lowest BCUT2D eigenvalue weighted by Gasteiger charge is -2.36. The molecule has 3 atom stereocenters. The Morgan fingerprint density at radius 2 is 2.29 bits per heavy atom. The first-order valence-electron chi connectivity index (χ1n) is 9.76. The third-order valence-corrected chi connectivity index (χ3v) is 7.06. The molecule has 2 saturated heterocycles. The maximum absolute atomic E-state index is 13.3. The Bertz CT molecular complexity index is 944. The Labute approximate surface area is 167 Å². The molecule has 146 valence electrons. The molecule has 2 fully saturated rings. The van der Waals surface area contributed by atoms with Crippen molar-refractivity contribution in [3.05, 3.63) is 40.9 Å². The molecule has 4 N–H and O–H groups in total. The predicted molar refractivity (Wildman–Crippen MR) is 108 cm³/mol. The van der Waals surface area contributed by atoms with E-state index in [1.54, 1.807) is 0 Å². The number of rotatable bonds is 4. The summed E-state index contributed by atoms with van der Waals surface area (Å²) in [6, 6.07) is 8.07. The monoisotopic (exact) mass is 397 g/mol. The Kier molecular flexibility index (Phi) is 4.13. The van der Waals surface area contributed by atoms with E-state index in [9.17, 15) is 9.59 Å². The van der Waals surface area contributed by atoms with Gasteiger partial charge in [0.2, 0.25) is 11.8 Å². The molecule has 0 saturated carbocycles. The maximum atomic E-state index is 13.3. The third-order valence-electron chi connectivity index (χ3n) is 6.34. The summed E-state index contributed by atoms with van der Waals surface area (Å²) in [4.78, 5) is 33.0. The minimum Gasteiger partial charge on any atom is -0.375 e. The minimum absolute atomic E-state index is 0.0514. The standard InChI is InChI=1S/C20H23N5O2S/c21-19-23-12(11-28-19)7-8-22-17(26)15-10-13-4-3-9-25(13)20(15)14-5-1-2-6-16(14)24-18(20)27/h1-2,5-6,11,13,15H,3-4,7-10H2,(H2,21,23)(H,22,26)(H,24,27)/t13-,15-,20+/m1/s1. The number of nitrogens with two attached hydrogens (primary N) is 1. The fourth-order valence-corrected chi connectivity index (χ4v) is 5.85. The number of fused-ring (bicyclic) bond motifs is 4. The number of benzene rings is 1. The maximum Gasteiger partial charge on any atom is 0.250 e. The highest BCUT2D eigenvalue weighted by atomic mass is 32.1. The van der Waals surface area contributed by atoms with Gasteiger partial charge in [0.05, 0.1) is 11.6 Å². The van der Waals surface area contributed by atoms with Crippen LogP contribution in [-0.2, 0) is 21.5 Å². The van der Waals surface area contributed by atoms with Gasteiger partial charge in [-0.2, -0.15) is 0 Å². The molecule has 0 radical (unpaired) electrons. The highest BCUT2D eigenvalue weighted by molar-refractivity contribution is 7.13. The predicted octanol–water partition coefficient (Wildman–Crippen LogP) is 1.72. The van der Waals surface area contributed by atoms with Crippen molar-refractivity contribution in [2.75, 3.05) is 24.1 Å². The second-order valence-corrected chi connectivity index (χ2v) is 8.65. The van der Waals surface area contributed by atoms with E-state index >= 15 is 0 Å². The Balaban J connectivity index is 1.42. The van der Waals surface area contributed by atoms with Crippen molar-refractivity contribution >= 4 is 34.0 Å². The Hall–Kier alpha value is -2.45. The first-order chi connectivity index (χ1) is 13.6. The molecule has 0 bridgehead atoms. The van der Waals surface area contributed by atoms with Crippen LogP contribution in [0.25, 0.3) is 0 Å². The van der Waals surface area contributed by atoms with Gasteiger partial charge >= 0.3 is 0 Å². The van der Waals surface area contributed by atoms with E-state index in [1.807, 2.05) is 29.6 Å². The molecule has 5 rings (SSSR count). The van der Waals surface area contributed by atoms with Crippen LogP contribution >= 0.6 is 11.3 Å². The quantitative estimate of drug-likeness (QED) is 0.729. The van der Waals surface area contributed by atoms with Crippen LogP contribution in [-0.4, -0.2) is 40.8 Å². The van der Waals surface area contributed by atoms with Crippen molar-refractivity contribution in [2.45, 2.75) is 37.3 Å². The molecule has 0 aliphatic carbocycles. The van der Waals surface area contributed by atoms with Crippen LogP contribution in [0.4, 0.5) is 10.8 Å². The van der Waals surface area contributed by atoms with Crippen LogP contribution < -0.4 is 16.4 Å². The van der Waals surface area contributed by atoms with Crippen molar-refractivity contribution in [2.24, 2.45) is 5.92 Å². The molecule has 8 heteroatoms. The molecule has 3 aliphatic rings. The fraction of sp³-hybridized carbons (Fsp3) is 0.450. The summed E-state index contributed by atoms with van der Waals surface area (Å²) < 4.78 is 0. The van der Waals surface area contributed by atoms with Gasteiger partial charge in [-0.1, -0.05) is 18.2 Å². The van der Waals surface area contributed by atoms with Crippen molar-refractivity contribution in [3.8, 4) is 0 Å². The van der Waals surface area contributed by atoms with E-state index in [-0.39, 0.29) is 23.8 Å². The normalized spacial score (nSPS) is 28.4. The van der Waals surface area contributed by atoms with Gasteiger partial charge < -0.3 is 16.4 Å². The number of hydrogen-bond acceptors (Lipinski definition) is 6. The second-order valence-electron chi connectivity index (χ2n) is 7.76. The average Bonchev–Trinajstić information content (AvgIpc) is 3.41. The zero-order valence-electron chi connectivity index (χ0n) is 15.5. The molecule has 7 nitrogen and oxygen atoms in total. The highest BCUT2D eigenvalue weighted by Gasteiger charge is 2.65. The number of thiazole rings is 1. The zero-order chi connectivity index (χ0) is 19.3. The molecule has 1 spiro atoms. The summed E-state index contributed by atoms with van der Waals surface area (Å²) >= 11 is 1.40. The highest BCUT2D eigenvalue weighted by Crippen LogP contribution is 2.55. The average molecular weight is 398 g/mol. The van der Waals surface area contributed by atoms with Crippen LogP contribution in [0.1, 0.15) is 30.5 Å². The number of aromatic nitrogens is 1. The van der Waals surface area contributed by atoms with Gasteiger partial charge in [0.1, 0.15) is 5.54 Å².